The zero-order valence-electron chi connectivity index (χ0n) is 13.1. The van der Waals surface area contributed by atoms with Gasteiger partial charge in [-0.3, -0.25) is 0 Å². The summed E-state index contributed by atoms with van der Waals surface area (Å²) in [4.78, 5) is 0.240. The molecule has 0 radical (unpaired) electrons. The van der Waals surface area contributed by atoms with Crippen molar-refractivity contribution in [2.24, 2.45) is 5.73 Å². The number of nitrogens with zero attached hydrogens (tertiary/aromatic N) is 2. The Morgan fingerprint density at radius 1 is 1.30 bits per heavy atom. The van der Waals surface area contributed by atoms with Gasteiger partial charge in [0.05, 0.1) is 11.1 Å². The van der Waals surface area contributed by atoms with Gasteiger partial charge >= 0.3 is 0 Å². The molecule has 2 unspecified atom stereocenters. The van der Waals surface area contributed by atoms with E-state index < -0.39 is 10.0 Å². The summed E-state index contributed by atoms with van der Waals surface area (Å²) in [5, 5.41) is 3.67. The fraction of sp³-hybridized carbons (Fsp3) is 0.438. The zero-order valence-corrected chi connectivity index (χ0v) is 13.9. The van der Waals surface area contributed by atoms with E-state index in [1.54, 1.807) is 34.6 Å². The molecule has 1 aliphatic heterocycles. The minimum atomic E-state index is -3.65. The molecule has 1 aromatic carbocycles. The summed E-state index contributed by atoms with van der Waals surface area (Å²) < 4.78 is 33.2. The van der Waals surface area contributed by atoms with E-state index in [4.69, 9.17) is 10.3 Å². The molecule has 3 rings (SSSR count). The van der Waals surface area contributed by atoms with Crippen LogP contribution in [0.1, 0.15) is 26.2 Å². The SMILES string of the molecule is CC(N)C1CCCCN1S(=O)(=O)c1ccccc1-c1ccno1. The quantitative estimate of drug-likeness (QED) is 0.925. The van der Waals surface area contributed by atoms with Crippen molar-refractivity contribution >= 4 is 10.0 Å². The predicted molar refractivity (Wildman–Crippen MR) is 87.1 cm³/mol. The van der Waals surface area contributed by atoms with Crippen molar-refractivity contribution < 1.29 is 12.9 Å². The van der Waals surface area contributed by atoms with Crippen LogP contribution in [0.2, 0.25) is 0 Å². The molecule has 2 atom stereocenters. The molecule has 0 saturated carbocycles. The highest BCUT2D eigenvalue weighted by Gasteiger charge is 2.36. The van der Waals surface area contributed by atoms with E-state index in [1.165, 1.54) is 6.20 Å². The third-order valence-electron chi connectivity index (χ3n) is 4.28. The van der Waals surface area contributed by atoms with Gasteiger partial charge in [0.25, 0.3) is 0 Å². The van der Waals surface area contributed by atoms with Gasteiger partial charge in [-0.05, 0) is 31.9 Å². The fourth-order valence-electron chi connectivity index (χ4n) is 3.13. The second kappa shape index (κ2) is 6.43. The van der Waals surface area contributed by atoms with E-state index in [0.29, 0.717) is 17.9 Å². The average Bonchev–Trinajstić information content (AvgIpc) is 3.09. The monoisotopic (exact) mass is 335 g/mol. The number of hydrogen-bond acceptors (Lipinski definition) is 5. The Bertz CT molecular complexity index is 757. The summed E-state index contributed by atoms with van der Waals surface area (Å²) in [6, 6.07) is 8.14. The van der Waals surface area contributed by atoms with Gasteiger partial charge < -0.3 is 10.3 Å². The number of piperidine rings is 1. The second-order valence-electron chi connectivity index (χ2n) is 5.91. The summed E-state index contributed by atoms with van der Waals surface area (Å²) in [6.07, 6.45) is 4.15. The lowest BCUT2D eigenvalue weighted by atomic mass is 10.00. The van der Waals surface area contributed by atoms with Crippen molar-refractivity contribution in [3.05, 3.63) is 36.5 Å². The highest BCUT2D eigenvalue weighted by molar-refractivity contribution is 7.89. The Labute approximate surface area is 136 Å². The van der Waals surface area contributed by atoms with E-state index in [0.717, 1.165) is 19.3 Å². The zero-order chi connectivity index (χ0) is 16.4. The molecular weight excluding hydrogens is 314 g/mol. The smallest absolute Gasteiger partial charge is 0.244 e. The Hall–Kier alpha value is -1.70. The molecule has 23 heavy (non-hydrogen) atoms. The molecule has 2 heterocycles. The maximum atomic E-state index is 13.2. The Morgan fingerprint density at radius 3 is 2.78 bits per heavy atom. The van der Waals surface area contributed by atoms with E-state index in [1.807, 2.05) is 6.92 Å². The summed E-state index contributed by atoms with van der Waals surface area (Å²) in [7, 11) is -3.65. The van der Waals surface area contributed by atoms with Crippen LogP contribution >= 0.6 is 0 Å². The largest absolute Gasteiger partial charge is 0.356 e. The first-order chi connectivity index (χ1) is 11.0. The molecule has 0 spiro atoms. The lowest BCUT2D eigenvalue weighted by Gasteiger charge is -2.37. The van der Waals surface area contributed by atoms with Gasteiger partial charge in [-0.2, -0.15) is 4.31 Å². The van der Waals surface area contributed by atoms with Gasteiger partial charge in [0.15, 0.2) is 5.76 Å². The van der Waals surface area contributed by atoms with Gasteiger partial charge in [0.2, 0.25) is 10.0 Å². The molecule has 1 aromatic heterocycles. The third-order valence-corrected chi connectivity index (χ3v) is 6.26. The van der Waals surface area contributed by atoms with Crippen molar-refractivity contribution in [3.8, 4) is 11.3 Å². The van der Waals surface area contributed by atoms with E-state index in [2.05, 4.69) is 5.16 Å². The first-order valence-corrected chi connectivity index (χ1v) is 9.23. The standard InChI is InChI=1S/C16H21N3O3S/c1-12(17)14-7-4-5-11-19(14)23(20,21)16-8-3-2-6-13(16)15-9-10-18-22-15/h2-3,6,8-10,12,14H,4-5,7,11,17H2,1H3. The van der Waals surface area contributed by atoms with Crippen molar-refractivity contribution in [1.29, 1.82) is 0 Å². The minimum Gasteiger partial charge on any atom is -0.356 e. The van der Waals surface area contributed by atoms with Crippen molar-refractivity contribution in [3.63, 3.8) is 0 Å². The fourth-order valence-corrected chi connectivity index (χ4v) is 5.10. The predicted octanol–water partition coefficient (Wildman–Crippen LogP) is 2.23. The Balaban J connectivity index is 2.06. The second-order valence-corrected chi connectivity index (χ2v) is 7.77. The van der Waals surface area contributed by atoms with Crippen LogP contribution in [0.3, 0.4) is 0 Å². The molecule has 7 heteroatoms. The number of benzene rings is 1. The molecule has 0 bridgehead atoms. The maximum Gasteiger partial charge on any atom is 0.244 e. The van der Waals surface area contributed by atoms with E-state index in [-0.39, 0.29) is 17.0 Å². The van der Waals surface area contributed by atoms with Gasteiger partial charge in [-0.15, -0.1) is 0 Å². The maximum absolute atomic E-state index is 13.2. The topological polar surface area (TPSA) is 89.4 Å². The molecule has 1 fully saturated rings. The molecule has 124 valence electrons. The summed E-state index contributed by atoms with van der Waals surface area (Å²) in [5.41, 5.74) is 6.56. The van der Waals surface area contributed by atoms with Gasteiger partial charge in [0, 0.05) is 30.3 Å². The van der Waals surface area contributed by atoms with Crippen LogP contribution in [0, 0.1) is 0 Å². The molecule has 6 nitrogen and oxygen atoms in total. The summed E-state index contributed by atoms with van der Waals surface area (Å²) in [5.74, 6) is 0.443. The number of nitrogens with two attached hydrogens (primary N) is 1. The molecule has 1 saturated heterocycles. The lowest BCUT2D eigenvalue weighted by Crippen LogP contribution is -2.51. The van der Waals surface area contributed by atoms with Crippen LogP contribution < -0.4 is 5.73 Å². The van der Waals surface area contributed by atoms with Crippen molar-refractivity contribution in [2.75, 3.05) is 6.54 Å². The normalized spacial score (nSPS) is 21.2. The van der Waals surface area contributed by atoms with Gasteiger partial charge in [-0.25, -0.2) is 8.42 Å². The van der Waals surface area contributed by atoms with E-state index in [9.17, 15) is 8.42 Å². The average molecular weight is 335 g/mol. The first-order valence-electron chi connectivity index (χ1n) is 7.79. The van der Waals surface area contributed by atoms with Crippen LogP contribution in [-0.2, 0) is 10.0 Å². The number of aromatic nitrogens is 1. The lowest BCUT2D eigenvalue weighted by molar-refractivity contribution is 0.227. The Kier molecular flexibility index (Phi) is 4.52. The molecule has 0 amide bonds. The van der Waals surface area contributed by atoms with E-state index >= 15 is 0 Å². The van der Waals surface area contributed by atoms with Crippen LogP contribution in [0.4, 0.5) is 0 Å². The first kappa shape index (κ1) is 16.2. The molecule has 1 aliphatic rings. The number of sulfonamides is 1. The number of rotatable bonds is 4. The summed E-state index contributed by atoms with van der Waals surface area (Å²) in [6.45, 7) is 2.36. The van der Waals surface area contributed by atoms with Crippen LogP contribution in [0.5, 0.6) is 0 Å². The molecule has 0 aliphatic carbocycles. The molecule has 2 N–H and O–H groups in total. The minimum absolute atomic E-state index is 0.170. The van der Waals surface area contributed by atoms with Gasteiger partial charge in [0.1, 0.15) is 0 Å². The molecular formula is C16H21N3O3S. The van der Waals surface area contributed by atoms with Crippen molar-refractivity contribution in [1.82, 2.24) is 9.46 Å². The highest BCUT2D eigenvalue weighted by atomic mass is 32.2. The van der Waals surface area contributed by atoms with Gasteiger partial charge in [-0.1, -0.05) is 23.7 Å². The molecule has 2 aromatic rings. The third kappa shape index (κ3) is 3.04. The Morgan fingerprint density at radius 2 is 2.09 bits per heavy atom. The van der Waals surface area contributed by atoms with Crippen LogP contribution in [0.15, 0.2) is 45.9 Å². The summed E-state index contributed by atoms with van der Waals surface area (Å²) >= 11 is 0. The van der Waals surface area contributed by atoms with Crippen LogP contribution in [-0.4, -0.2) is 36.5 Å². The van der Waals surface area contributed by atoms with Crippen molar-refractivity contribution in [2.45, 2.75) is 43.2 Å². The highest BCUT2D eigenvalue weighted by Crippen LogP contribution is 2.32. The van der Waals surface area contributed by atoms with Crippen LogP contribution in [0.25, 0.3) is 11.3 Å². The number of hydrogen-bond donors (Lipinski definition) is 1.